The molecule has 0 radical (unpaired) electrons. The van der Waals surface area contributed by atoms with Crippen LogP contribution in [-0.4, -0.2) is 33.7 Å². The van der Waals surface area contributed by atoms with E-state index in [2.05, 4.69) is 36.8 Å². The van der Waals surface area contributed by atoms with Crippen LogP contribution in [-0.2, 0) is 0 Å². The Bertz CT molecular complexity index is 411. The molecule has 17 heavy (non-hydrogen) atoms. The first-order valence-corrected chi connectivity index (χ1v) is 7.63. The lowest BCUT2D eigenvalue weighted by Gasteiger charge is -2.34. The van der Waals surface area contributed by atoms with Crippen LogP contribution in [0.15, 0.2) is 22.8 Å². The topological polar surface area (TPSA) is 33.2 Å². The van der Waals surface area contributed by atoms with Gasteiger partial charge in [-0.3, -0.25) is 4.79 Å². The molecule has 1 amide bonds. The van der Waals surface area contributed by atoms with Gasteiger partial charge in [0.05, 0.1) is 0 Å². The minimum absolute atomic E-state index is 0.0293. The fourth-order valence-corrected chi connectivity index (χ4v) is 3.21. The molecule has 0 saturated carbocycles. The van der Waals surface area contributed by atoms with Crippen LogP contribution in [0.2, 0.25) is 0 Å². The van der Waals surface area contributed by atoms with E-state index in [1.165, 1.54) is 6.42 Å². The maximum absolute atomic E-state index is 12.4. The predicted molar refractivity (Wildman–Crippen MR) is 74.4 cm³/mol. The summed E-state index contributed by atoms with van der Waals surface area (Å²) < 4.78 is 0.767. The van der Waals surface area contributed by atoms with Crippen molar-refractivity contribution in [2.24, 2.45) is 0 Å². The average Bonchev–Trinajstić information content (AvgIpc) is 2.38. The summed E-state index contributed by atoms with van der Waals surface area (Å²) in [6, 6.07) is 3.97. The van der Waals surface area contributed by atoms with Gasteiger partial charge in [0.1, 0.15) is 5.69 Å². The van der Waals surface area contributed by atoms with Crippen LogP contribution in [0, 0.1) is 0 Å². The first-order valence-electron chi connectivity index (χ1n) is 5.71. The van der Waals surface area contributed by atoms with E-state index in [0.717, 1.165) is 29.2 Å². The summed E-state index contributed by atoms with van der Waals surface area (Å²) in [4.78, 5) is 18.5. The highest BCUT2D eigenvalue weighted by Crippen LogP contribution is 2.23. The van der Waals surface area contributed by atoms with E-state index in [1.54, 1.807) is 6.20 Å². The smallest absolute Gasteiger partial charge is 0.273 e. The molecule has 1 aromatic heterocycles. The Labute approximate surface area is 118 Å². The fourth-order valence-electron chi connectivity index (χ4n) is 2.11. The molecule has 0 N–H and O–H groups in total. The van der Waals surface area contributed by atoms with Crippen LogP contribution < -0.4 is 0 Å². The van der Waals surface area contributed by atoms with Gasteiger partial charge < -0.3 is 4.90 Å². The van der Waals surface area contributed by atoms with E-state index >= 15 is 0 Å². The average molecular weight is 362 g/mol. The van der Waals surface area contributed by atoms with Crippen LogP contribution in [0.1, 0.15) is 29.8 Å². The molecule has 0 aliphatic carbocycles. The Hall–Kier alpha value is -0.420. The molecule has 1 fully saturated rings. The first kappa shape index (κ1) is 13.0. The largest absolute Gasteiger partial charge is 0.333 e. The zero-order valence-electron chi connectivity index (χ0n) is 9.40. The molecule has 1 aliphatic rings. The number of hydrogen-bond donors (Lipinski definition) is 0. The second-order valence-electron chi connectivity index (χ2n) is 4.14. The van der Waals surface area contributed by atoms with Crippen molar-refractivity contribution >= 4 is 37.8 Å². The van der Waals surface area contributed by atoms with Gasteiger partial charge in [0.2, 0.25) is 0 Å². The minimum Gasteiger partial charge on any atom is -0.333 e. The van der Waals surface area contributed by atoms with Gasteiger partial charge in [-0.25, -0.2) is 4.98 Å². The molecular formula is C12H14Br2N2O. The second kappa shape index (κ2) is 5.96. The molecule has 0 spiro atoms. The first-order chi connectivity index (χ1) is 8.24. The summed E-state index contributed by atoms with van der Waals surface area (Å²) in [6.45, 7) is 0.831. The van der Waals surface area contributed by atoms with Gasteiger partial charge in [-0.2, -0.15) is 0 Å². The maximum Gasteiger partial charge on any atom is 0.273 e. The van der Waals surface area contributed by atoms with Crippen LogP contribution in [0.3, 0.4) is 0 Å². The lowest BCUT2D eigenvalue weighted by Crippen LogP contribution is -2.45. The third-order valence-electron chi connectivity index (χ3n) is 3.03. The molecule has 1 unspecified atom stereocenters. The van der Waals surface area contributed by atoms with Crippen LogP contribution in [0.5, 0.6) is 0 Å². The number of alkyl halides is 1. The molecular weight excluding hydrogens is 348 g/mol. The third kappa shape index (κ3) is 2.88. The van der Waals surface area contributed by atoms with Crippen molar-refractivity contribution in [3.63, 3.8) is 0 Å². The Morgan fingerprint density at radius 2 is 2.35 bits per heavy atom. The van der Waals surface area contributed by atoms with E-state index in [1.807, 2.05) is 17.0 Å². The van der Waals surface area contributed by atoms with Gasteiger partial charge in [-0.1, -0.05) is 15.9 Å². The zero-order valence-corrected chi connectivity index (χ0v) is 12.6. The fraction of sp³-hybridized carbons (Fsp3) is 0.500. The van der Waals surface area contributed by atoms with Gasteiger partial charge in [0.25, 0.3) is 5.91 Å². The number of carbonyl (C=O) groups excluding carboxylic acids is 1. The highest BCUT2D eigenvalue weighted by Gasteiger charge is 2.28. The molecule has 2 heterocycles. The molecule has 1 saturated heterocycles. The molecule has 0 aromatic carbocycles. The monoisotopic (exact) mass is 360 g/mol. The van der Waals surface area contributed by atoms with E-state index in [0.29, 0.717) is 11.7 Å². The number of rotatable bonds is 2. The molecule has 1 atom stereocenters. The van der Waals surface area contributed by atoms with Gasteiger partial charge in [-0.15, -0.1) is 0 Å². The van der Waals surface area contributed by atoms with Gasteiger partial charge >= 0.3 is 0 Å². The summed E-state index contributed by atoms with van der Waals surface area (Å²) in [5.74, 6) is 0.0293. The Morgan fingerprint density at radius 1 is 1.53 bits per heavy atom. The molecule has 5 heteroatoms. The number of pyridine rings is 1. The molecule has 0 bridgehead atoms. The van der Waals surface area contributed by atoms with Crippen molar-refractivity contribution in [1.29, 1.82) is 0 Å². The zero-order chi connectivity index (χ0) is 12.3. The summed E-state index contributed by atoms with van der Waals surface area (Å²) in [7, 11) is 0. The van der Waals surface area contributed by atoms with Crippen LogP contribution in [0.25, 0.3) is 0 Å². The van der Waals surface area contributed by atoms with Crippen molar-refractivity contribution in [2.45, 2.75) is 25.3 Å². The Kier molecular flexibility index (Phi) is 4.56. The normalized spacial score (nSPS) is 20.4. The summed E-state index contributed by atoms with van der Waals surface area (Å²) >= 11 is 6.87. The Balaban J connectivity index is 2.21. The van der Waals surface area contributed by atoms with E-state index in [9.17, 15) is 4.79 Å². The maximum atomic E-state index is 12.4. The number of amides is 1. The van der Waals surface area contributed by atoms with E-state index in [-0.39, 0.29) is 5.91 Å². The minimum atomic E-state index is 0.0293. The van der Waals surface area contributed by atoms with Crippen molar-refractivity contribution in [1.82, 2.24) is 9.88 Å². The molecule has 2 rings (SSSR count). The lowest BCUT2D eigenvalue weighted by molar-refractivity contribution is 0.0635. The summed E-state index contributed by atoms with van der Waals surface area (Å²) in [6.07, 6.45) is 5.01. The number of nitrogens with zero attached hydrogens (tertiary/aromatic N) is 2. The van der Waals surface area contributed by atoms with Gasteiger partial charge in [0, 0.05) is 28.6 Å². The van der Waals surface area contributed by atoms with E-state index < -0.39 is 0 Å². The summed E-state index contributed by atoms with van der Waals surface area (Å²) in [5, 5.41) is 0.837. The number of likely N-dealkylation sites (tertiary alicyclic amines) is 1. The van der Waals surface area contributed by atoms with Crippen LogP contribution in [0.4, 0.5) is 0 Å². The highest BCUT2D eigenvalue weighted by molar-refractivity contribution is 9.10. The quantitative estimate of drug-likeness (QED) is 0.757. The SMILES string of the molecule is O=C(c1ncccc1Br)N1CCCCC1CBr. The van der Waals surface area contributed by atoms with E-state index in [4.69, 9.17) is 0 Å². The molecule has 92 valence electrons. The predicted octanol–water partition coefficient (Wildman–Crippen LogP) is 3.23. The van der Waals surface area contributed by atoms with Crippen molar-refractivity contribution in [3.8, 4) is 0 Å². The second-order valence-corrected chi connectivity index (χ2v) is 5.64. The summed E-state index contributed by atoms with van der Waals surface area (Å²) in [5.41, 5.74) is 0.514. The van der Waals surface area contributed by atoms with Crippen molar-refractivity contribution in [3.05, 3.63) is 28.5 Å². The standard InChI is InChI=1S/C12H14Br2N2O/c13-8-9-4-1-2-7-16(9)12(17)11-10(14)5-3-6-15-11/h3,5-6,9H,1-2,4,7-8H2. The lowest BCUT2D eigenvalue weighted by atomic mass is 10.0. The Morgan fingerprint density at radius 3 is 3.06 bits per heavy atom. The van der Waals surface area contributed by atoms with Gasteiger partial charge in [0.15, 0.2) is 0 Å². The number of piperidine rings is 1. The number of hydrogen-bond acceptors (Lipinski definition) is 2. The number of aromatic nitrogens is 1. The number of halogens is 2. The van der Waals surface area contributed by atoms with Crippen molar-refractivity contribution in [2.75, 3.05) is 11.9 Å². The third-order valence-corrected chi connectivity index (χ3v) is 4.41. The highest BCUT2D eigenvalue weighted by atomic mass is 79.9. The molecule has 1 aromatic rings. The van der Waals surface area contributed by atoms with Crippen molar-refractivity contribution < 1.29 is 4.79 Å². The van der Waals surface area contributed by atoms with Gasteiger partial charge in [-0.05, 0) is 47.3 Å². The molecule has 1 aliphatic heterocycles. The molecule has 3 nitrogen and oxygen atoms in total. The number of carbonyl (C=O) groups is 1. The van der Waals surface area contributed by atoms with Crippen LogP contribution >= 0.6 is 31.9 Å².